The number of aromatic nitrogens is 1. The zero-order valence-electron chi connectivity index (χ0n) is 13.5. The number of amides is 1. The van der Waals surface area contributed by atoms with Gasteiger partial charge in [0.2, 0.25) is 0 Å². The van der Waals surface area contributed by atoms with Crippen LogP contribution in [0.5, 0.6) is 0 Å². The third-order valence-electron chi connectivity index (χ3n) is 4.24. The van der Waals surface area contributed by atoms with Gasteiger partial charge >= 0.3 is 0 Å². The molecule has 0 atom stereocenters. The number of nitrogens with zero attached hydrogens (tertiary/aromatic N) is 1. The van der Waals surface area contributed by atoms with E-state index in [1.807, 2.05) is 43.3 Å². The lowest BCUT2D eigenvalue weighted by molar-refractivity contribution is 0.102. The maximum Gasteiger partial charge on any atom is 0.274 e. The minimum absolute atomic E-state index is 0.179. The van der Waals surface area contributed by atoms with Gasteiger partial charge in [-0.3, -0.25) is 4.79 Å². The van der Waals surface area contributed by atoms with Gasteiger partial charge in [0.15, 0.2) is 0 Å². The molecular weight excluding hydrogens is 286 g/mol. The van der Waals surface area contributed by atoms with E-state index < -0.39 is 0 Å². The second-order valence-electron chi connectivity index (χ2n) is 6.17. The van der Waals surface area contributed by atoms with Crippen LogP contribution in [0.3, 0.4) is 0 Å². The highest BCUT2D eigenvalue weighted by Crippen LogP contribution is 2.22. The van der Waals surface area contributed by atoms with Crippen LogP contribution in [-0.4, -0.2) is 16.9 Å². The molecule has 3 rings (SSSR count). The first-order valence-electron chi connectivity index (χ1n) is 8.32. The monoisotopic (exact) mass is 309 g/mol. The van der Waals surface area contributed by atoms with Gasteiger partial charge in [0.1, 0.15) is 5.69 Å². The second kappa shape index (κ2) is 7.27. The molecule has 0 aliphatic heterocycles. The van der Waals surface area contributed by atoms with E-state index >= 15 is 0 Å². The summed E-state index contributed by atoms with van der Waals surface area (Å²) in [6.07, 6.45) is 6.48. The number of aryl methyl sites for hydroxylation is 1. The van der Waals surface area contributed by atoms with Gasteiger partial charge in [-0.15, -0.1) is 0 Å². The Hall–Kier alpha value is -2.36. The van der Waals surface area contributed by atoms with Crippen molar-refractivity contribution in [3.8, 4) is 0 Å². The third-order valence-corrected chi connectivity index (χ3v) is 4.24. The first-order chi connectivity index (χ1) is 11.2. The molecule has 0 radical (unpaired) electrons. The third kappa shape index (κ3) is 4.31. The van der Waals surface area contributed by atoms with Gasteiger partial charge in [0, 0.05) is 23.1 Å². The second-order valence-corrected chi connectivity index (χ2v) is 6.17. The van der Waals surface area contributed by atoms with Crippen LogP contribution in [0.1, 0.15) is 48.3 Å². The molecular formula is C19H23N3O. The average molecular weight is 309 g/mol. The van der Waals surface area contributed by atoms with Gasteiger partial charge in [0.05, 0.1) is 0 Å². The maximum absolute atomic E-state index is 12.2. The van der Waals surface area contributed by atoms with Crippen molar-refractivity contribution in [1.82, 2.24) is 4.98 Å². The van der Waals surface area contributed by atoms with E-state index in [1.54, 1.807) is 6.07 Å². The molecule has 2 aromatic rings. The fourth-order valence-electron chi connectivity index (χ4n) is 3.00. The maximum atomic E-state index is 12.2. The number of hydrogen-bond donors (Lipinski definition) is 2. The zero-order chi connectivity index (χ0) is 16.1. The fraction of sp³-hybridized carbons (Fsp3) is 0.368. The van der Waals surface area contributed by atoms with Crippen molar-refractivity contribution in [3.05, 3.63) is 53.9 Å². The Morgan fingerprint density at radius 1 is 1.00 bits per heavy atom. The number of benzene rings is 1. The summed E-state index contributed by atoms with van der Waals surface area (Å²) in [7, 11) is 0. The predicted molar refractivity (Wildman–Crippen MR) is 93.9 cm³/mol. The molecule has 23 heavy (non-hydrogen) atoms. The van der Waals surface area contributed by atoms with Crippen LogP contribution in [0.4, 0.5) is 11.4 Å². The largest absolute Gasteiger partial charge is 0.382 e. The van der Waals surface area contributed by atoms with Crippen LogP contribution in [-0.2, 0) is 0 Å². The topological polar surface area (TPSA) is 54.0 Å². The minimum Gasteiger partial charge on any atom is -0.382 e. The molecule has 1 aliphatic carbocycles. The molecule has 0 saturated heterocycles. The van der Waals surface area contributed by atoms with E-state index in [4.69, 9.17) is 0 Å². The Kier molecular flexibility index (Phi) is 4.91. The molecule has 4 heteroatoms. The molecule has 1 aromatic heterocycles. The van der Waals surface area contributed by atoms with Crippen LogP contribution in [0, 0.1) is 6.92 Å². The highest BCUT2D eigenvalue weighted by molar-refractivity contribution is 6.02. The molecule has 1 saturated carbocycles. The van der Waals surface area contributed by atoms with E-state index in [2.05, 4.69) is 15.6 Å². The van der Waals surface area contributed by atoms with Crippen molar-refractivity contribution in [2.45, 2.75) is 45.1 Å². The molecule has 120 valence electrons. The van der Waals surface area contributed by atoms with Gasteiger partial charge in [-0.25, -0.2) is 4.98 Å². The molecule has 1 amide bonds. The van der Waals surface area contributed by atoms with E-state index in [9.17, 15) is 4.79 Å². The van der Waals surface area contributed by atoms with Crippen molar-refractivity contribution >= 4 is 17.3 Å². The van der Waals surface area contributed by atoms with Crippen molar-refractivity contribution in [3.63, 3.8) is 0 Å². The molecule has 1 aliphatic rings. The lowest BCUT2D eigenvalue weighted by atomic mass is 9.95. The quantitative estimate of drug-likeness (QED) is 0.881. The van der Waals surface area contributed by atoms with E-state index in [1.165, 1.54) is 32.1 Å². The number of hydrogen-bond acceptors (Lipinski definition) is 3. The van der Waals surface area contributed by atoms with Crippen LogP contribution in [0.2, 0.25) is 0 Å². The summed E-state index contributed by atoms with van der Waals surface area (Å²) in [5, 5.41) is 6.46. The smallest absolute Gasteiger partial charge is 0.274 e. The first-order valence-corrected chi connectivity index (χ1v) is 8.32. The zero-order valence-corrected chi connectivity index (χ0v) is 13.5. The lowest BCUT2D eigenvalue weighted by Gasteiger charge is -2.23. The average Bonchev–Trinajstić information content (AvgIpc) is 2.57. The number of nitrogens with one attached hydrogen (secondary N) is 2. The Morgan fingerprint density at radius 3 is 2.39 bits per heavy atom. The number of pyridine rings is 1. The number of rotatable bonds is 4. The standard InChI is InChI=1S/C19H23N3O/c1-14-6-5-9-18(20-14)19(23)22-17-12-10-16(11-13-17)21-15-7-3-2-4-8-15/h5-6,9-13,15,21H,2-4,7-8H2,1H3,(H,22,23). The normalized spacial score (nSPS) is 15.2. The van der Waals surface area contributed by atoms with Gasteiger partial charge in [-0.05, 0) is 56.2 Å². The fourth-order valence-corrected chi connectivity index (χ4v) is 3.00. The molecule has 0 unspecified atom stereocenters. The molecule has 0 bridgehead atoms. The van der Waals surface area contributed by atoms with Crippen LogP contribution in [0.15, 0.2) is 42.5 Å². The van der Waals surface area contributed by atoms with Crippen molar-refractivity contribution in [2.24, 2.45) is 0 Å². The first kappa shape index (κ1) is 15.5. The van der Waals surface area contributed by atoms with Crippen LogP contribution in [0.25, 0.3) is 0 Å². The Morgan fingerprint density at radius 2 is 1.70 bits per heavy atom. The lowest BCUT2D eigenvalue weighted by Crippen LogP contribution is -2.22. The van der Waals surface area contributed by atoms with Gasteiger partial charge in [0.25, 0.3) is 5.91 Å². The number of anilines is 2. The SMILES string of the molecule is Cc1cccc(C(=O)Nc2ccc(NC3CCCCC3)cc2)n1. The Bertz CT molecular complexity index is 661. The summed E-state index contributed by atoms with van der Waals surface area (Å²) in [4.78, 5) is 16.4. The highest BCUT2D eigenvalue weighted by Gasteiger charge is 2.13. The summed E-state index contributed by atoms with van der Waals surface area (Å²) in [6, 6.07) is 13.9. The number of carbonyl (C=O) groups is 1. The van der Waals surface area contributed by atoms with Crippen molar-refractivity contribution < 1.29 is 4.79 Å². The summed E-state index contributed by atoms with van der Waals surface area (Å²) < 4.78 is 0. The highest BCUT2D eigenvalue weighted by atomic mass is 16.1. The molecule has 4 nitrogen and oxygen atoms in total. The Balaban J connectivity index is 1.59. The summed E-state index contributed by atoms with van der Waals surface area (Å²) >= 11 is 0. The van der Waals surface area contributed by atoms with Crippen molar-refractivity contribution in [2.75, 3.05) is 10.6 Å². The minimum atomic E-state index is -0.179. The summed E-state index contributed by atoms with van der Waals surface area (Å²) in [6.45, 7) is 1.88. The molecule has 2 N–H and O–H groups in total. The van der Waals surface area contributed by atoms with Gasteiger partial charge < -0.3 is 10.6 Å². The number of carbonyl (C=O) groups excluding carboxylic acids is 1. The molecule has 1 aromatic carbocycles. The van der Waals surface area contributed by atoms with Crippen LogP contribution < -0.4 is 10.6 Å². The summed E-state index contributed by atoms with van der Waals surface area (Å²) in [5.74, 6) is -0.179. The van der Waals surface area contributed by atoms with Gasteiger partial charge in [-0.2, -0.15) is 0 Å². The van der Waals surface area contributed by atoms with E-state index in [0.717, 1.165) is 17.1 Å². The molecule has 0 spiro atoms. The molecule has 1 fully saturated rings. The Labute approximate surface area is 137 Å². The van der Waals surface area contributed by atoms with Gasteiger partial charge in [-0.1, -0.05) is 25.3 Å². The molecule has 1 heterocycles. The van der Waals surface area contributed by atoms with E-state index in [-0.39, 0.29) is 5.91 Å². The summed E-state index contributed by atoms with van der Waals surface area (Å²) in [5.41, 5.74) is 3.18. The van der Waals surface area contributed by atoms with Crippen molar-refractivity contribution in [1.29, 1.82) is 0 Å². The predicted octanol–water partition coefficient (Wildman–Crippen LogP) is 4.39. The van der Waals surface area contributed by atoms with Crippen LogP contribution >= 0.6 is 0 Å². The van der Waals surface area contributed by atoms with E-state index in [0.29, 0.717) is 11.7 Å².